The van der Waals surface area contributed by atoms with Crippen LogP contribution in [0.15, 0.2) is 60.0 Å². The van der Waals surface area contributed by atoms with Gasteiger partial charge in [0.2, 0.25) is 5.13 Å². The van der Waals surface area contributed by atoms with E-state index in [0.717, 1.165) is 17.0 Å². The molecule has 0 fully saturated rings. The van der Waals surface area contributed by atoms with Crippen LogP contribution >= 0.6 is 22.9 Å². The molecule has 1 N–H and O–H groups in total. The number of hydrogen-bond acceptors (Lipinski definition) is 5. The molecule has 6 nitrogen and oxygen atoms in total. The minimum Gasteiger partial charge on any atom is -0.484 e. The Morgan fingerprint density at radius 1 is 1.13 bits per heavy atom. The number of nitrogens with zero attached hydrogens (tertiary/aromatic N) is 3. The molecule has 152 valence electrons. The molecule has 0 aliphatic heterocycles. The molecule has 0 aliphatic rings. The molecule has 0 atom stereocenters. The van der Waals surface area contributed by atoms with Crippen LogP contribution in [-0.4, -0.2) is 27.3 Å². The van der Waals surface area contributed by atoms with Crippen molar-refractivity contribution in [3.63, 3.8) is 0 Å². The molecular formula is C22H19ClN4O2S. The van der Waals surface area contributed by atoms with Crippen molar-refractivity contribution in [2.75, 3.05) is 11.9 Å². The zero-order chi connectivity index (χ0) is 21.1. The summed E-state index contributed by atoms with van der Waals surface area (Å²) in [7, 11) is 0. The standard InChI is InChI=1S/C22H19ClN4O2S/c1-14-3-5-16(6-4-14)19-13-30-22(24-19)27-20(11-15(2)26-27)25-21(28)12-29-18-9-7-17(23)8-10-18/h3-11,13H,12H2,1-2H3,(H,25,28). The monoisotopic (exact) mass is 438 g/mol. The van der Waals surface area contributed by atoms with E-state index in [1.54, 1.807) is 35.0 Å². The number of hydrogen-bond donors (Lipinski definition) is 1. The molecule has 0 spiro atoms. The fraction of sp³-hybridized carbons (Fsp3) is 0.136. The van der Waals surface area contributed by atoms with Crippen molar-refractivity contribution >= 4 is 34.7 Å². The lowest BCUT2D eigenvalue weighted by atomic mass is 10.1. The first-order chi connectivity index (χ1) is 14.5. The number of amides is 1. The van der Waals surface area contributed by atoms with Crippen molar-refractivity contribution < 1.29 is 9.53 Å². The molecule has 2 aromatic heterocycles. The number of aryl methyl sites for hydroxylation is 2. The van der Waals surface area contributed by atoms with Crippen molar-refractivity contribution in [2.24, 2.45) is 0 Å². The van der Waals surface area contributed by atoms with Crippen LogP contribution < -0.4 is 10.1 Å². The Morgan fingerprint density at radius 2 is 1.87 bits per heavy atom. The van der Waals surface area contributed by atoms with Crippen LogP contribution in [0, 0.1) is 13.8 Å². The number of carbonyl (C=O) groups excluding carboxylic acids is 1. The van der Waals surface area contributed by atoms with Crippen LogP contribution in [0.2, 0.25) is 5.02 Å². The fourth-order valence-corrected chi connectivity index (χ4v) is 3.73. The molecule has 4 rings (SSSR count). The summed E-state index contributed by atoms with van der Waals surface area (Å²) in [5, 5.41) is 10.6. The number of anilines is 1. The van der Waals surface area contributed by atoms with Gasteiger partial charge in [-0.05, 0) is 38.1 Å². The largest absolute Gasteiger partial charge is 0.484 e. The minimum atomic E-state index is -0.290. The van der Waals surface area contributed by atoms with Gasteiger partial charge in [0.15, 0.2) is 6.61 Å². The Labute approximate surface area is 183 Å². The molecular weight excluding hydrogens is 420 g/mol. The average molecular weight is 439 g/mol. The smallest absolute Gasteiger partial charge is 0.263 e. The maximum atomic E-state index is 12.4. The number of halogens is 1. The third-order valence-corrected chi connectivity index (χ3v) is 5.37. The molecule has 4 aromatic rings. The molecule has 0 saturated heterocycles. The molecule has 2 aromatic carbocycles. The summed E-state index contributed by atoms with van der Waals surface area (Å²) in [6, 6.07) is 16.8. The number of rotatable bonds is 6. The van der Waals surface area contributed by atoms with Gasteiger partial charge in [-0.2, -0.15) is 9.78 Å². The zero-order valence-electron chi connectivity index (χ0n) is 16.4. The number of carbonyl (C=O) groups is 1. The van der Waals surface area contributed by atoms with Gasteiger partial charge < -0.3 is 10.1 Å². The lowest BCUT2D eigenvalue weighted by Gasteiger charge is -2.08. The van der Waals surface area contributed by atoms with Crippen LogP contribution in [-0.2, 0) is 4.79 Å². The molecule has 0 aliphatic carbocycles. The van der Waals surface area contributed by atoms with E-state index in [1.807, 2.05) is 31.4 Å². The first-order valence-electron chi connectivity index (χ1n) is 9.26. The lowest BCUT2D eigenvalue weighted by molar-refractivity contribution is -0.118. The molecule has 0 unspecified atom stereocenters. The van der Waals surface area contributed by atoms with E-state index in [2.05, 4.69) is 27.5 Å². The number of nitrogens with one attached hydrogen (secondary N) is 1. The van der Waals surface area contributed by atoms with Gasteiger partial charge in [-0.1, -0.05) is 41.4 Å². The van der Waals surface area contributed by atoms with E-state index in [9.17, 15) is 4.79 Å². The van der Waals surface area contributed by atoms with E-state index >= 15 is 0 Å². The van der Waals surface area contributed by atoms with Crippen molar-refractivity contribution in [3.8, 4) is 22.1 Å². The maximum Gasteiger partial charge on any atom is 0.263 e. The summed E-state index contributed by atoms with van der Waals surface area (Å²) in [5.74, 6) is 0.824. The first-order valence-corrected chi connectivity index (χ1v) is 10.5. The number of thiazole rings is 1. The van der Waals surface area contributed by atoms with Gasteiger partial charge in [0.1, 0.15) is 11.6 Å². The number of aromatic nitrogens is 3. The number of benzene rings is 2. The zero-order valence-corrected chi connectivity index (χ0v) is 18.0. The topological polar surface area (TPSA) is 69.0 Å². The van der Waals surface area contributed by atoms with E-state index in [-0.39, 0.29) is 12.5 Å². The number of ether oxygens (including phenoxy) is 1. The summed E-state index contributed by atoms with van der Waals surface area (Å²) in [6.07, 6.45) is 0. The molecule has 8 heteroatoms. The van der Waals surface area contributed by atoms with E-state index in [1.165, 1.54) is 16.9 Å². The normalized spacial score (nSPS) is 10.8. The molecule has 0 bridgehead atoms. The third-order valence-electron chi connectivity index (χ3n) is 4.30. The second-order valence-electron chi connectivity index (χ2n) is 6.75. The van der Waals surface area contributed by atoms with E-state index < -0.39 is 0 Å². The molecule has 1 amide bonds. The minimum absolute atomic E-state index is 0.127. The third kappa shape index (κ3) is 4.69. The highest BCUT2D eigenvalue weighted by molar-refractivity contribution is 7.12. The van der Waals surface area contributed by atoms with Crippen LogP contribution in [0.5, 0.6) is 5.75 Å². The Morgan fingerprint density at radius 3 is 2.60 bits per heavy atom. The van der Waals surface area contributed by atoms with Gasteiger partial charge in [0, 0.05) is 22.0 Å². The highest BCUT2D eigenvalue weighted by Gasteiger charge is 2.15. The van der Waals surface area contributed by atoms with Gasteiger partial charge in [0.05, 0.1) is 11.4 Å². The average Bonchev–Trinajstić information content (AvgIpc) is 3.35. The van der Waals surface area contributed by atoms with Crippen molar-refractivity contribution in [1.29, 1.82) is 0 Å². The van der Waals surface area contributed by atoms with Gasteiger partial charge >= 0.3 is 0 Å². The lowest BCUT2D eigenvalue weighted by Crippen LogP contribution is -2.21. The molecule has 0 saturated carbocycles. The van der Waals surface area contributed by atoms with Crippen molar-refractivity contribution in [3.05, 3.63) is 76.3 Å². The van der Waals surface area contributed by atoms with Gasteiger partial charge in [-0.3, -0.25) is 4.79 Å². The Balaban J connectivity index is 1.48. The Bertz CT molecular complexity index is 1170. The van der Waals surface area contributed by atoms with Gasteiger partial charge in [-0.15, -0.1) is 11.3 Å². The van der Waals surface area contributed by atoms with Crippen molar-refractivity contribution in [1.82, 2.24) is 14.8 Å². The second-order valence-corrected chi connectivity index (χ2v) is 8.03. The summed E-state index contributed by atoms with van der Waals surface area (Å²) in [6.45, 7) is 3.79. The predicted molar refractivity (Wildman–Crippen MR) is 120 cm³/mol. The first kappa shape index (κ1) is 20.1. The van der Waals surface area contributed by atoms with Crippen LogP contribution in [0.25, 0.3) is 16.4 Å². The highest BCUT2D eigenvalue weighted by Crippen LogP contribution is 2.26. The van der Waals surface area contributed by atoms with Gasteiger partial charge in [-0.25, -0.2) is 4.98 Å². The summed E-state index contributed by atoms with van der Waals surface area (Å²) in [5.41, 5.74) is 3.87. The fourth-order valence-electron chi connectivity index (χ4n) is 2.81. The Hall–Kier alpha value is -3.16. The van der Waals surface area contributed by atoms with Gasteiger partial charge in [0.25, 0.3) is 5.91 Å². The summed E-state index contributed by atoms with van der Waals surface area (Å²) < 4.78 is 7.14. The maximum absolute atomic E-state index is 12.4. The van der Waals surface area contributed by atoms with Crippen LogP contribution in [0.4, 0.5) is 5.82 Å². The Kier molecular flexibility index (Phi) is 5.83. The van der Waals surface area contributed by atoms with Crippen LogP contribution in [0.1, 0.15) is 11.3 Å². The summed E-state index contributed by atoms with van der Waals surface area (Å²) in [4.78, 5) is 17.1. The quantitative estimate of drug-likeness (QED) is 0.444. The SMILES string of the molecule is Cc1ccc(-c2csc(-n3nc(C)cc3NC(=O)COc3ccc(Cl)cc3)n2)cc1. The predicted octanol–water partition coefficient (Wildman–Crippen LogP) is 5.28. The van der Waals surface area contributed by atoms with E-state index in [0.29, 0.717) is 21.7 Å². The highest BCUT2D eigenvalue weighted by atomic mass is 35.5. The van der Waals surface area contributed by atoms with E-state index in [4.69, 9.17) is 16.3 Å². The van der Waals surface area contributed by atoms with Crippen molar-refractivity contribution in [2.45, 2.75) is 13.8 Å². The molecule has 2 heterocycles. The molecule has 30 heavy (non-hydrogen) atoms. The summed E-state index contributed by atoms with van der Waals surface area (Å²) >= 11 is 7.32. The second kappa shape index (κ2) is 8.69. The van der Waals surface area contributed by atoms with Crippen LogP contribution in [0.3, 0.4) is 0 Å². The molecule has 0 radical (unpaired) electrons.